The number of nitrogens with one attached hydrogen (secondary N) is 2. The van der Waals surface area contributed by atoms with Gasteiger partial charge in [0.25, 0.3) is 5.91 Å². The quantitative estimate of drug-likeness (QED) is 0.800. The largest absolute Gasteiger partial charge is 0.395 e. The van der Waals surface area contributed by atoms with Gasteiger partial charge in [-0.15, -0.1) is 0 Å². The van der Waals surface area contributed by atoms with Crippen molar-refractivity contribution in [2.75, 3.05) is 11.1 Å². The second-order valence-corrected chi connectivity index (χ2v) is 5.06. The third-order valence-electron chi connectivity index (χ3n) is 3.22. The first-order valence-corrected chi connectivity index (χ1v) is 6.77. The molecule has 0 bridgehead atoms. The number of hydrogen-bond donors (Lipinski definition) is 3. The van der Waals surface area contributed by atoms with Gasteiger partial charge in [0.1, 0.15) is 0 Å². The first kappa shape index (κ1) is 14.1. The Kier molecular flexibility index (Phi) is 4.08. The second-order valence-electron chi connectivity index (χ2n) is 5.06. The number of aromatic amines is 1. The number of hydrogen-bond acceptors (Lipinski definition) is 3. The summed E-state index contributed by atoms with van der Waals surface area (Å²) in [5.74, 6) is -0.0913. The fraction of sp³-hybridized carbons (Fsp3) is 0.333. The molecule has 2 rings (SSSR count). The minimum absolute atomic E-state index is 0.201. The SMILES string of the molecule is CCc1cccc(NC(=O)c2n[nH]c(C(C)C)c2N)c1. The summed E-state index contributed by atoms with van der Waals surface area (Å²) in [5, 5.41) is 9.67. The molecule has 4 N–H and O–H groups in total. The molecule has 1 heterocycles. The van der Waals surface area contributed by atoms with Crippen LogP contribution in [0.15, 0.2) is 24.3 Å². The number of carbonyl (C=O) groups excluding carboxylic acids is 1. The molecule has 1 aromatic carbocycles. The van der Waals surface area contributed by atoms with Crippen molar-refractivity contribution in [3.05, 3.63) is 41.2 Å². The maximum atomic E-state index is 12.2. The highest BCUT2D eigenvalue weighted by molar-refractivity contribution is 6.06. The number of amides is 1. The highest BCUT2D eigenvalue weighted by Gasteiger charge is 2.18. The number of anilines is 2. The summed E-state index contributed by atoms with van der Waals surface area (Å²) in [6.45, 7) is 6.06. The van der Waals surface area contributed by atoms with Gasteiger partial charge < -0.3 is 11.1 Å². The van der Waals surface area contributed by atoms with Crippen molar-refractivity contribution in [2.24, 2.45) is 0 Å². The van der Waals surface area contributed by atoms with Crippen molar-refractivity contribution in [1.82, 2.24) is 10.2 Å². The average Bonchev–Trinajstić information content (AvgIpc) is 2.81. The van der Waals surface area contributed by atoms with Crippen molar-refractivity contribution >= 4 is 17.3 Å². The molecular formula is C15H20N4O. The van der Waals surface area contributed by atoms with Crippen molar-refractivity contribution in [1.29, 1.82) is 0 Å². The molecule has 0 fully saturated rings. The van der Waals surface area contributed by atoms with Crippen LogP contribution in [-0.2, 0) is 6.42 Å². The molecule has 0 unspecified atom stereocenters. The molecule has 0 aliphatic carbocycles. The van der Waals surface area contributed by atoms with Crippen LogP contribution in [0, 0.1) is 0 Å². The summed E-state index contributed by atoms with van der Waals surface area (Å²) >= 11 is 0. The van der Waals surface area contributed by atoms with Crippen LogP contribution in [0.4, 0.5) is 11.4 Å². The van der Waals surface area contributed by atoms with E-state index in [-0.39, 0.29) is 17.5 Å². The number of rotatable bonds is 4. The Morgan fingerprint density at radius 1 is 1.45 bits per heavy atom. The number of carbonyl (C=O) groups is 1. The Morgan fingerprint density at radius 2 is 2.20 bits per heavy atom. The molecule has 0 radical (unpaired) electrons. The molecule has 0 aliphatic heterocycles. The first-order chi connectivity index (χ1) is 9.52. The topological polar surface area (TPSA) is 83.8 Å². The van der Waals surface area contributed by atoms with Crippen molar-refractivity contribution < 1.29 is 4.79 Å². The summed E-state index contributed by atoms with van der Waals surface area (Å²) in [6.07, 6.45) is 0.922. The van der Waals surface area contributed by atoms with Crippen molar-refractivity contribution in [3.8, 4) is 0 Å². The van der Waals surface area contributed by atoms with E-state index in [1.165, 1.54) is 5.56 Å². The monoisotopic (exact) mass is 272 g/mol. The zero-order valence-electron chi connectivity index (χ0n) is 12.0. The van der Waals surface area contributed by atoms with Gasteiger partial charge in [0.05, 0.1) is 11.4 Å². The normalized spacial score (nSPS) is 10.8. The van der Waals surface area contributed by atoms with E-state index in [4.69, 9.17) is 5.73 Å². The zero-order valence-corrected chi connectivity index (χ0v) is 12.0. The van der Waals surface area contributed by atoms with Crippen LogP contribution in [-0.4, -0.2) is 16.1 Å². The van der Waals surface area contributed by atoms with Crippen LogP contribution >= 0.6 is 0 Å². The van der Waals surface area contributed by atoms with Gasteiger partial charge in [-0.1, -0.05) is 32.9 Å². The van der Waals surface area contributed by atoms with Gasteiger partial charge in [-0.2, -0.15) is 5.10 Å². The maximum Gasteiger partial charge on any atom is 0.278 e. The standard InChI is InChI=1S/C15H20N4O/c1-4-10-6-5-7-11(8-10)17-15(20)14-12(16)13(9(2)3)18-19-14/h5-9H,4,16H2,1-3H3,(H,17,20)(H,18,19). The maximum absolute atomic E-state index is 12.2. The molecule has 1 aromatic heterocycles. The van der Waals surface area contributed by atoms with E-state index < -0.39 is 0 Å². The average molecular weight is 272 g/mol. The molecule has 5 heteroatoms. The van der Waals surface area contributed by atoms with Gasteiger partial charge >= 0.3 is 0 Å². The summed E-state index contributed by atoms with van der Waals surface area (Å²) in [4.78, 5) is 12.2. The van der Waals surface area contributed by atoms with Gasteiger partial charge in [0.2, 0.25) is 0 Å². The summed E-state index contributed by atoms with van der Waals surface area (Å²) in [6, 6.07) is 7.74. The van der Waals surface area contributed by atoms with E-state index in [9.17, 15) is 4.79 Å². The fourth-order valence-corrected chi connectivity index (χ4v) is 2.04. The number of H-pyrrole nitrogens is 1. The van der Waals surface area contributed by atoms with Gasteiger partial charge in [0.15, 0.2) is 5.69 Å². The van der Waals surface area contributed by atoms with E-state index in [1.807, 2.05) is 38.1 Å². The molecule has 20 heavy (non-hydrogen) atoms. The third kappa shape index (κ3) is 2.82. The lowest BCUT2D eigenvalue weighted by Gasteiger charge is -2.06. The molecule has 0 spiro atoms. The van der Waals surface area contributed by atoms with E-state index >= 15 is 0 Å². The van der Waals surface area contributed by atoms with Crippen LogP contribution in [0.25, 0.3) is 0 Å². The van der Waals surface area contributed by atoms with E-state index in [1.54, 1.807) is 0 Å². The smallest absolute Gasteiger partial charge is 0.278 e. The van der Waals surface area contributed by atoms with E-state index in [0.717, 1.165) is 17.8 Å². The minimum atomic E-state index is -0.293. The number of aromatic nitrogens is 2. The van der Waals surface area contributed by atoms with Crippen LogP contribution in [0.5, 0.6) is 0 Å². The minimum Gasteiger partial charge on any atom is -0.395 e. The lowest BCUT2D eigenvalue weighted by atomic mass is 10.1. The highest BCUT2D eigenvalue weighted by Crippen LogP contribution is 2.23. The molecule has 2 aromatic rings. The first-order valence-electron chi connectivity index (χ1n) is 6.77. The van der Waals surface area contributed by atoms with Crippen LogP contribution < -0.4 is 11.1 Å². The third-order valence-corrected chi connectivity index (χ3v) is 3.22. The summed E-state index contributed by atoms with van der Waals surface area (Å²) in [5.41, 5.74) is 9.34. The zero-order chi connectivity index (χ0) is 14.7. The Bertz CT molecular complexity index is 616. The Hall–Kier alpha value is -2.30. The molecule has 0 aliphatic rings. The second kappa shape index (κ2) is 5.77. The van der Waals surface area contributed by atoms with Crippen LogP contribution in [0.2, 0.25) is 0 Å². The molecule has 5 nitrogen and oxygen atoms in total. The lowest BCUT2D eigenvalue weighted by molar-refractivity contribution is 0.102. The van der Waals surface area contributed by atoms with Crippen molar-refractivity contribution in [2.45, 2.75) is 33.1 Å². The Balaban J connectivity index is 2.19. The van der Waals surface area contributed by atoms with Gasteiger partial charge in [-0.05, 0) is 30.0 Å². The van der Waals surface area contributed by atoms with Crippen LogP contribution in [0.1, 0.15) is 48.4 Å². The molecule has 0 saturated heterocycles. The molecular weight excluding hydrogens is 252 g/mol. The molecule has 1 amide bonds. The fourth-order valence-electron chi connectivity index (χ4n) is 2.04. The van der Waals surface area contributed by atoms with E-state index in [0.29, 0.717) is 5.69 Å². The summed E-state index contributed by atoms with van der Waals surface area (Å²) < 4.78 is 0. The number of aryl methyl sites for hydroxylation is 1. The molecule has 106 valence electrons. The Morgan fingerprint density at radius 3 is 2.80 bits per heavy atom. The molecule has 0 saturated carbocycles. The number of nitrogens with two attached hydrogens (primary N) is 1. The number of nitrogen functional groups attached to an aromatic ring is 1. The Labute approximate surface area is 118 Å². The predicted molar refractivity (Wildman–Crippen MR) is 80.9 cm³/mol. The molecule has 0 atom stereocenters. The lowest BCUT2D eigenvalue weighted by Crippen LogP contribution is -2.14. The highest BCUT2D eigenvalue weighted by atomic mass is 16.2. The summed E-state index contributed by atoms with van der Waals surface area (Å²) in [7, 11) is 0. The van der Waals surface area contributed by atoms with Crippen LogP contribution in [0.3, 0.4) is 0 Å². The predicted octanol–water partition coefficient (Wildman–Crippen LogP) is 2.93. The van der Waals surface area contributed by atoms with Gasteiger partial charge in [-0.25, -0.2) is 0 Å². The number of nitrogens with zero attached hydrogens (tertiary/aromatic N) is 1. The number of benzene rings is 1. The van der Waals surface area contributed by atoms with Crippen molar-refractivity contribution in [3.63, 3.8) is 0 Å². The van der Waals surface area contributed by atoms with Gasteiger partial charge in [-0.3, -0.25) is 9.89 Å². The van der Waals surface area contributed by atoms with Gasteiger partial charge in [0, 0.05) is 5.69 Å². The van der Waals surface area contributed by atoms with E-state index in [2.05, 4.69) is 22.4 Å².